The molecule has 0 saturated carbocycles. The van der Waals surface area contributed by atoms with Crippen LogP contribution in [0.1, 0.15) is 16.7 Å². The quantitative estimate of drug-likeness (QED) is 0.0665. The zero-order valence-corrected chi connectivity index (χ0v) is 43.2. The number of hydrogen-bond acceptors (Lipinski definition) is 22. The molecule has 0 aliphatic heterocycles. The van der Waals surface area contributed by atoms with Gasteiger partial charge in [0, 0.05) is 33.3 Å². The number of rotatable bonds is 13. The summed E-state index contributed by atoms with van der Waals surface area (Å²) in [7, 11) is -20.1. The van der Waals surface area contributed by atoms with Gasteiger partial charge in [0.1, 0.15) is 68.9 Å². The number of anilines is 4. The maximum atomic E-state index is 12.4. The molecule has 0 aliphatic rings. The molecule has 0 saturated heterocycles. The molecule has 0 bridgehead atoms. The number of azo groups is 2. The normalized spacial score (nSPS) is 11.7. The van der Waals surface area contributed by atoms with Gasteiger partial charge in [-0.15, -0.1) is 20.5 Å². The second kappa shape index (κ2) is 24.0. The van der Waals surface area contributed by atoms with Gasteiger partial charge >= 0.3 is 75.4 Å². The molecule has 21 nitrogen and oxygen atoms in total. The minimum atomic E-state index is -5.29. The van der Waals surface area contributed by atoms with Crippen LogP contribution in [0.5, 0.6) is 0 Å². The van der Waals surface area contributed by atoms with Gasteiger partial charge in [0.2, 0.25) is 0 Å². The molecule has 0 unspecified atom stereocenters. The summed E-state index contributed by atoms with van der Waals surface area (Å²) in [4.78, 5) is 1.78. The molecular formula is C44H25Li4N9O12S5. The maximum Gasteiger partial charge on any atom is 1.00 e. The van der Waals surface area contributed by atoms with Crippen LogP contribution in [-0.2, 0) is 40.5 Å². The Morgan fingerprint density at radius 2 is 1.07 bits per heavy atom. The van der Waals surface area contributed by atoms with Crippen molar-refractivity contribution in [2.24, 2.45) is 20.5 Å². The Kier molecular flexibility index (Phi) is 19.8. The number of nitriles is 2. The third kappa shape index (κ3) is 13.3. The predicted octanol–water partition coefficient (Wildman–Crippen LogP) is -2.88. The van der Waals surface area contributed by atoms with Crippen LogP contribution in [-0.4, -0.2) is 56.9 Å². The molecule has 0 radical (unpaired) electrons. The van der Waals surface area contributed by atoms with Crippen LogP contribution in [0, 0.1) is 29.6 Å². The first kappa shape index (κ1) is 61.0. The molecule has 6 aromatic carbocycles. The summed E-state index contributed by atoms with van der Waals surface area (Å²) in [6, 6.07) is 30.9. The van der Waals surface area contributed by atoms with E-state index in [9.17, 15) is 62.4 Å². The van der Waals surface area contributed by atoms with Gasteiger partial charge < -0.3 is 28.8 Å². The molecule has 0 aliphatic carbocycles. The smallest absolute Gasteiger partial charge is 0.744 e. The average molecular weight is 1060 g/mol. The molecule has 8 aromatic rings. The molecule has 0 amide bonds. The topological polar surface area (TPSA) is 363 Å². The second-order valence-corrected chi connectivity index (χ2v) is 21.1. The largest absolute Gasteiger partial charge is 1.00 e. The van der Waals surface area contributed by atoms with E-state index in [2.05, 4.69) is 42.1 Å². The first-order chi connectivity index (χ1) is 33.0. The third-order valence-electron chi connectivity index (χ3n) is 10.3. The molecule has 30 heteroatoms. The molecule has 74 heavy (non-hydrogen) atoms. The monoisotopic (exact) mass is 1060 g/mol. The van der Waals surface area contributed by atoms with Crippen molar-refractivity contribution in [2.75, 3.05) is 10.6 Å². The van der Waals surface area contributed by atoms with Gasteiger partial charge in [0.25, 0.3) is 0 Å². The number of aromatic nitrogens is 1. The summed E-state index contributed by atoms with van der Waals surface area (Å²) < 4.78 is 144. The fourth-order valence-electron chi connectivity index (χ4n) is 7.07. The molecule has 0 fully saturated rings. The molecule has 352 valence electrons. The molecular weight excluding hydrogens is 1030 g/mol. The predicted molar refractivity (Wildman–Crippen MR) is 249 cm³/mol. The van der Waals surface area contributed by atoms with E-state index in [-0.39, 0.29) is 147 Å². The minimum absolute atomic E-state index is 0. The van der Waals surface area contributed by atoms with Gasteiger partial charge in [-0.25, -0.2) is 38.7 Å². The van der Waals surface area contributed by atoms with Crippen molar-refractivity contribution in [1.82, 2.24) is 4.98 Å². The molecule has 2 N–H and O–H groups in total. The molecule has 2 aromatic heterocycles. The Bertz CT molecular complexity index is 4120. The summed E-state index contributed by atoms with van der Waals surface area (Å²) in [5.41, 5.74) is 0.424. The van der Waals surface area contributed by atoms with Crippen molar-refractivity contribution in [3.05, 3.63) is 138 Å². The Hall–Kier alpha value is -5.50. The van der Waals surface area contributed by atoms with E-state index < -0.39 is 65.4 Å². The van der Waals surface area contributed by atoms with Crippen LogP contribution >= 0.6 is 11.3 Å². The summed E-state index contributed by atoms with van der Waals surface area (Å²) >= 11 is 0.769. The van der Waals surface area contributed by atoms with Crippen molar-refractivity contribution in [1.29, 1.82) is 10.5 Å². The van der Waals surface area contributed by atoms with Crippen LogP contribution < -0.4 is 86.1 Å². The summed E-state index contributed by atoms with van der Waals surface area (Å²) in [5, 5.41) is 45.0. The van der Waals surface area contributed by atoms with Crippen molar-refractivity contribution in [3.8, 4) is 23.3 Å². The van der Waals surface area contributed by atoms with E-state index in [1.54, 1.807) is 24.3 Å². The third-order valence-corrected chi connectivity index (χ3v) is 14.7. The molecule has 8 rings (SSSR count). The van der Waals surface area contributed by atoms with E-state index in [0.29, 0.717) is 5.56 Å². The van der Waals surface area contributed by atoms with Crippen molar-refractivity contribution < 1.29 is 127 Å². The van der Waals surface area contributed by atoms with E-state index >= 15 is 0 Å². The van der Waals surface area contributed by atoms with Crippen LogP contribution in [0.25, 0.3) is 32.7 Å². The van der Waals surface area contributed by atoms with Crippen LogP contribution in [0.4, 0.5) is 44.4 Å². The van der Waals surface area contributed by atoms with Gasteiger partial charge in [0.05, 0.1) is 30.8 Å². The maximum absolute atomic E-state index is 12.4. The van der Waals surface area contributed by atoms with E-state index in [1.807, 2.05) is 24.3 Å². The van der Waals surface area contributed by atoms with Gasteiger partial charge in [-0.05, 0) is 96.1 Å². The molecule has 0 atom stereocenters. The number of fused-ring (bicyclic) bond motifs is 2. The summed E-state index contributed by atoms with van der Waals surface area (Å²) in [6.07, 6.45) is 0. The SMILES string of the molecule is Cc1c(C#N)c(Nc2ccc(S(=O)(=O)[O-])cc2)nc(Nc2ccc(S(=O)(=O)[O-])cc2)c1N=Nc1sc(N=Nc2cc(S(=O)(=O)[O-])c3cccc(S(=O)(=O)[O-])c3c2)c(-c2ccc3ccccc3c2)c1C#N.[Li+].[Li+].[Li+].[Li+]. The Labute approximate surface area is 475 Å². The van der Waals surface area contributed by atoms with Gasteiger partial charge in [0.15, 0.2) is 16.6 Å². The molecule has 0 spiro atoms. The minimum Gasteiger partial charge on any atom is -0.744 e. The van der Waals surface area contributed by atoms with Crippen LogP contribution in [0.3, 0.4) is 0 Å². The van der Waals surface area contributed by atoms with Gasteiger partial charge in [-0.2, -0.15) is 10.5 Å². The Morgan fingerprint density at radius 3 is 1.61 bits per heavy atom. The van der Waals surface area contributed by atoms with Crippen LogP contribution in [0.15, 0.2) is 161 Å². The zero-order chi connectivity index (χ0) is 50.3. The summed E-state index contributed by atoms with van der Waals surface area (Å²) in [5.74, 6) is -0.224. The molecule has 2 heterocycles. The van der Waals surface area contributed by atoms with Crippen molar-refractivity contribution in [3.63, 3.8) is 0 Å². The van der Waals surface area contributed by atoms with E-state index in [4.69, 9.17) is 0 Å². The first-order valence-corrected chi connectivity index (χ1v) is 26.0. The Balaban J connectivity index is 0.00000296. The van der Waals surface area contributed by atoms with Crippen molar-refractivity contribution in [2.45, 2.75) is 26.5 Å². The number of nitrogens with one attached hydrogen (secondary N) is 2. The summed E-state index contributed by atoms with van der Waals surface area (Å²) in [6.45, 7) is 1.48. The number of hydrogen-bond donors (Lipinski definition) is 2. The average Bonchev–Trinajstić information content (AvgIpc) is 3.66. The van der Waals surface area contributed by atoms with E-state index in [0.717, 1.165) is 76.7 Å². The number of thiophene rings is 1. The standard InChI is InChI=1S/C44H29N9O12S5.4Li/c1-24-35(22-45)41(47-28-11-15-31(16-12-28)67(54,55)56)49-42(48-29-13-17-32(18-14-29)68(57,58)59)40(24)51-52-43-36(23-46)39(27-10-9-25-5-2-3-6-26(25)19-27)44(66-43)53-50-30-20-34-33(38(21-30)70(63,64)65)7-4-8-37(34)69(60,61)62;;;;/h2-21H,1H3,(H2,47,48,49)(H,54,55,56)(H,57,58,59)(H,60,61,62)(H,63,64,65);;;;/q;4*+1/p-4. The number of benzene rings is 6. The number of nitrogens with zero attached hydrogens (tertiary/aromatic N) is 7. The fraction of sp³-hybridized carbons (Fsp3) is 0.0227. The van der Waals surface area contributed by atoms with Gasteiger partial charge in [-0.1, -0.05) is 59.9 Å². The van der Waals surface area contributed by atoms with E-state index in [1.165, 1.54) is 31.2 Å². The number of pyridine rings is 1. The van der Waals surface area contributed by atoms with Crippen molar-refractivity contribution >= 4 is 118 Å². The van der Waals surface area contributed by atoms with Crippen LogP contribution in [0.2, 0.25) is 0 Å². The zero-order valence-electron chi connectivity index (χ0n) is 39.1. The second-order valence-electron chi connectivity index (χ2n) is 14.7. The first-order valence-electron chi connectivity index (χ1n) is 19.5. The van der Waals surface area contributed by atoms with Gasteiger partial charge in [-0.3, -0.25) is 0 Å². The fourth-order valence-corrected chi connectivity index (χ4v) is 10.3. The Morgan fingerprint density at radius 1 is 0.527 bits per heavy atom.